The highest BCUT2D eigenvalue weighted by Gasteiger charge is 2.00. The van der Waals surface area contributed by atoms with Crippen LogP contribution in [0.1, 0.15) is 18.9 Å². The molecular formula is C10H12BrNO2. The van der Waals surface area contributed by atoms with E-state index in [1.807, 2.05) is 18.2 Å². The minimum absolute atomic E-state index is 0.700. The van der Waals surface area contributed by atoms with Crippen molar-refractivity contribution in [3.8, 4) is 5.75 Å². The van der Waals surface area contributed by atoms with Crippen LogP contribution < -0.4 is 4.74 Å². The van der Waals surface area contributed by atoms with Crippen molar-refractivity contribution in [3.05, 3.63) is 28.2 Å². The van der Waals surface area contributed by atoms with Crippen LogP contribution in [-0.4, -0.2) is 18.0 Å². The lowest BCUT2D eigenvalue weighted by Gasteiger charge is -2.06. The smallest absolute Gasteiger partial charge is 0.133 e. The largest absolute Gasteiger partial charge is 0.492 e. The zero-order valence-corrected chi connectivity index (χ0v) is 9.49. The highest BCUT2D eigenvalue weighted by atomic mass is 79.9. The number of hydrogen-bond acceptors (Lipinski definition) is 3. The Morgan fingerprint density at radius 3 is 2.93 bits per heavy atom. The summed E-state index contributed by atoms with van der Waals surface area (Å²) in [4.78, 5) is 0. The Hall–Kier alpha value is -1.03. The molecule has 0 amide bonds. The van der Waals surface area contributed by atoms with E-state index in [1.54, 1.807) is 0 Å². The number of hydrogen-bond donors (Lipinski definition) is 1. The van der Waals surface area contributed by atoms with Crippen LogP contribution in [-0.2, 0) is 0 Å². The van der Waals surface area contributed by atoms with Gasteiger partial charge in [-0.15, -0.1) is 0 Å². The average molecular weight is 258 g/mol. The first-order chi connectivity index (χ1) is 6.77. The van der Waals surface area contributed by atoms with E-state index in [0.29, 0.717) is 6.61 Å². The third kappa shape index (κ3) is 3.03. The average Bonchev–Trinajstić information content (AvgIpc) is 2.17. The molecule has 0 saturated carbocycles. The molecular weight excluding hydrogens is 246 g/mol. The normalized spacial score (nSPS) is 10.7. The molecule has 3 nitrogen and oxygen atoms in total. The molecule has 1 aromatic rings. The summed E-state index contributed by atoms with van der Waals surface area (Å²) < 4.78 is 6.33. The number of oxime groups is 1. The van der Waals surface area contributed by atoms with E-state index in [-0.39, 0.29) is 0 Å². The lowest BCUT2D eigenvalue weighted by atomic mass is 10.2. The van der Waals surface area contributed by atoms with Crippen LogP contribution in [0.25, 0.3) is 0 Å². The molecule has 1 aromatic carbocycles. The van der Waals surface area contributed by atoms with E-state index in [0.717, 1.165) is 22.2 Å². The summed E-state index contributed by atoms with van der Waals surface area (Å²) in [5.41, 5.74) is 0.822. The molecule has 0 fully saturated rings. The molecule has 1 N–H and O–H groups in total. The van der Waals surface area contributed by atoms with E-state index in [1.165, 1.54) is 6.21 Å². The molecule has 0 aliphatic rings. The van der Waals surface area contributed by atoms with Gasteiger partial charge in [0, 0.05) is 0 Å². The molecule has 0 heterocycles. The van der Waals surface area contributed by atoms with E-state index >= 15 is 0 Å². The fourth-order valence-electron chi connectivity index (χ4n) is 0.993. The van der Waals surface area contributed by atoms with Gasteiger partial charge in [-0.05, 0) is 46.1 Å². The van der Waals surface area contributed by atoms with Gasteiger partial charge < -0.3 is 9.94 Å². The van der Waals surface area contributed by atoms with Gasteiger partial charge >= 0.3 is 0 Å². The Morgan fingerprint density at radius 2 is 2.36 bits per heavy atom. The second kappa shape index (κ2) is 5.65. The van der Waals surface area contributed by atoms with Crippen molar-refractivity contribution in [2.45, 2.75) is 13.3 Å². The molecule has 0 aliphatic carbocycles. The Bertz CT molecular complexity index is 326. The van der Waals surface area contributed by atoms with Crippen LogP contribution in [0.3, 0.4) is 0 Å². The monoisotopic (exact) mass is 257 g/mol. The Kier molecular flexibility index (Phi) is 4.46. The summed E-state index contributed by atoms with van der Waals surface area (Å²) in [6, 6.07) is 5.51. The van der Waals surface area contributed by atoms with Crippen LogP contribution in [0.15, 0.2) is 27.8 Å². The summed E-state index contributed by atoms with van der Waals surface area (Å²) in [6.07, 6.45) is 2.35. The number of halogens is 1. The van der Waals surface area contributed by atoms with Crippen molar-refractivity contribution in [3.63, 3.8) is 0 Å². The Balaban J connectivity index is 2.79. The third-order valence-electron chi connectivity index (χ3n) is 1.62. The van der Waals surface area contributed by atoms with E-state index in [9.17, 15) is 0 Å². The van der Waals surface area contributed by atoms with Crippen molar-refractivity contribution in [1.82, 2.24) is 0 Å². The van der Waals surface area contributed by atoms with E-state index in [2.05, 4.69) is 28.0 Å². The molecule has 76 valence electrons. The van der Waals surface area contributed by atoms with Gasteiger partial charge in [0.05, 0.1) is 17.3 Å². The predicted molar refractivity (Wildman–Crippen MR) is 59.3 cm³/mol. The topological polar surface area (TPSA) is 41.8 Å². The van der Waals surface area contributed by atoms with Gasteiger partial charge in [0.25, 0.3) is 0 Å². The number of ether oxygens (including phenoxy) is 1. The van der Waals surface area contributed by atoms with Crippen molar-refractivity contribution in [2.75, 3.05) is 6.61 Å². The maximum Gasteiger partial charge on any atom is 0.133 e. The van der Waals surface area contributed by atoms with Crippen LogP contribution in [0.4, 0.5) is 0 Å². The van der Waals surface area contributed by atoms with Gasteiger partial charge in [-0.2, -0.15) is 0 Å². The molecule has 0 aromatic heterocycles. The molecule has 0 aliphatic heterocycles. The number of benzene rings is 1. The van der Waals surface area contributed by atoms with Crippen LogP contribution in [0.2, 0.25) is 0 Å². The second-order valence-corrected chi connectivity index (χ2v) is 3.64. The summed E-state index contributed by atoms with van der Waals surface area (Å²) in [5.74, 6) is 0.807. The summed E-state index contributed by atoms with van der Waals surface area (Å²) in [6.45, 7) is 2.76. The number of rotatable bonds is 4. The van der Waals surface area contributed by atoms with Crippen molar-refractivity contribution >= 4 is 22.1 Å². The van der Waals surface area contributed by atoms with Gasteiger partial charge in [-0.1, -0.05) is 12.1 Å². The van der Waals surface area contributed by atoms with Crippen LogP contribution in [0, 0.1) is 0 Å². The van der Waals surface area contributed by atoms with Gasteiger partial charge in [0.15, 0.2) is 0 Å². The summed E-state index contributed by atoms with van der Waals surface area (Å²) >= 11 is 3.38. The SMILES string of the molecule is CCCOc1ccc(C=NO)cc1Br. The fraction of sp³-hybridized carbons (Fsp3) is 0.300. The van der Waals surface area contributed by atoms with Crippen molar-refractivity contribution < 1.29 is 9.94 Å². The standard InChI is InChI=1S/C10H12BrNO2/c1-2-5-14-10-4-3-8(7-12-13)6-9(10)11/h3-4,6-7,13H,2,5H2,1H3. The van der Waals surface area contributed by atoms with Gasteiger partial charge in [-0.25, -0.2) is 0 Å². The maximum atomic E-state index is 8.34. The van der Waals surface area contributed by atoms with Gasteiger partial charge in [0.2, 0.25) is 0 Å². The minimum atomic E-state index is 0.700. The van der Waals surface area contributed by atoms with Gasteiger partial charge in [0.1, 0.15) is 5.75 Å². The molecule has 0 atom stereocenters. The first-order valence-corrected chi connectivity index (χ1v) is 5.17. The zero-order chi connectivity index (χ0) is 10.4. The summed E-state index contributed by atoms with van der Waals surface area (Å²) in [7, 11) is 0. The molecule has 14 heavy (non-hydrogen) atoms. The van der Waals surface area contributed by atoms with E-state index in [4.69, 9.17) is 9.94 Å². The minimum Gasteiger partial charge on any atom is -0.492 e. The predicted octanol–water partition coefficient (Wildman–Crippen LogP) is 3.05. The van der Waals surface area contributed by atoms with Crippen molar-refractivity contribution in [2.24, 2.45) is 5.16 Å². The first kappa shape index (κ1) is 11.0. The third-order valence-corrected chi connectivity index (χ3v) is 2.24. The fourth-order valence-corrected chi connectivity index (χ4v) is 1.50. The van der Waals surface area contributed by atoms with Crippen molar-refractivity contribution in [1.29, 1.82) is 0 Å². The first-order valence-electron chi connectivity index (χ1n) is 4.37. The van der Waals surface area contributed by atoms with Gasteiger partial charge in [-0.3, -0.25) is 0 Å². The zero-order valence-electron chi connectivity index (χ0n) is 7.90. The molecule has 0 bridgehead atoms. The quantitative estimate of drug-likeness (QED) is 0.512. The second-order valence-electron chi connectivity index (χ2n) is 2.78. The van der Waals surface area contributed by atoms with Crippen LogP contribution in [0.5, 0.6) is 5.75 Å². The molecule has 0 unspecified atom stereocenters. The Morgan fingerprint density at radius 1 is 1.57 bits per heavy atom. The highest BCUT2D eigenvalue weighted by molar-refractivity contribution is 9.10. The lowest BCUT2D eigenvalue weighted by Crippen LogP contribution is -1.96. The Labute approximate surface area is 91.5 Å². The summed E-state index contributed by atoms with van der Waals surface area (Å²) in [5, 5.41) is 11.3. The molecule has 0 spiro atoms. The number of nitrogens with zero attached hydrogens (tertiary/aromatic N) is 1. The maximum absolute atomic E-state index is 8.34. The van der Waals surface area contributed by atoms with Crippen LogP contribution >= 0.6 is 15.9 Å². The molecule has 4 heteroatoms. The highest BCUT2D eigenvalue weighted by Crippen LogP contribution is 2.25. The lowest BCUT2D eigenvalue weighted by molar-refractivity contribution is 0.315. The van der Waals surface area contributed by atoms with E-state index < -0.39 is 0 Å². The molecule has 1 rings (SSSR count). The molecule has 0 radical (unpaired) electrons. The molecule has 0 saturated heterocycles.